The first kappa shape index (κ1) is 43.6. The van der Waals surface area contributed by atoms with Crippen LogP contribution < -0.4 is 0 Å². The summed E-state index contributed by atoms with van der Waals surface area (Å²) >= 11 is 0. The molecule has 10 heteroatoms. The number of amides is 3. The predicted octanol–water partition coefficient (Wildman–Crippen LogP) is 6.04. The minimum absolute atomic E-state index is 0.0280. The zero-order valence-corrected chi connectivity index (χ0v) is 33.8. The molecule has 1 aromatic carbocycles. The van der Waals surface area contributed by atoms with Gasteiger partial charge in [0, 0.05) is 59.0 Å². The lowest BCUT2D eigenvalue weighted by atomic mass is 9.84. The van der Waals surface area contributed by atoms with E-state index in [1.54, 1.807) is 26.2 Å². The molecule has 0 unspecified atom stereocenters. The second kappa shape index (κ2) is 21.2. The lowest BCUT2D eigenvalue weighted by Gasteiger charge is -2.41. The molecule has 0 spiro atoms. The summed E-state index contributed by atoms with van der Waals surface area (Å²) in [7, 11) is 5.04. The predicted molar refractivity (Wildman–Crippen MR) is 205 cm³/mol. The first-order valence-electron chi connectivity index (χ1n) is 19.8. The van der Waals surface area contributed by atoms with Crippen molar-refractivity contribution in [3.63, 3.8) is 0 Å². The fourth-order valence-electron chi connectivity index (χ4n) is 8.39. The highest BCUT2D eigenvalue weighted by atomic mass is 16.5. The van der Waals surface area contributed by atoms with E-state index in [0.29, 0.717) is 32.7 Å². The molecule has 52 heavy (non-hydrogen) atoms. The van der Waals surface area contributed by atoms with Gasteiger partial charge >= 0.3 is 0 Å². The summed E-state index contributed by atoms with van der Waals surface area (Å²) < 4.78 is 17.6. The third-order valence-corrected chi connectivity index (χ3v) is 12.0. The number of nitrogens with zero attached hydrogens (tertiary/aromatic N) is 3. The van der Waals surface area contributed by atoms with Crippen molar-refractivity contribution in [1.29, 1.82) is 0 Å². The number of ketones is 1. The number of carbonyl (C=O) groups is 4. The van der Waals surface area contributed by atoms with Crippen molar-refractivity contribution < 1.29 is 33.4 Å². The van der Waals surface area contributed by atoms with E-state index in [-0.39, 0.29) is 78.1 Å². The first-order valence-corrected chi connectivity index (χ1v) is 19.8. The van der Waals surface area contributed by atoms with Crippen molar-refractivity contribution in [1.82, 2.24) is 14.7 Å². The number of rotatable bonds is 20. The summed E-state index contributed by atoms with van der Waals surface area (Å²) in [5.74, 6) is -0.662. The Hall–Kier alpha value is -2.82. The second-order valence-corrected chi connectivity index (χ2v) is 15.8. The van der Waals surface area contributed by atoms with E-state index in [4.69, 9.17) is 14.2 Å². The number of likely N-dealkylation sites (N-methyl/N-ethyl adjacent to an activating group) is 1. The van der Waals surface area contributed by atoms with Gasteiger partial charge in [0.2, 0.25) is 17.7 Å². The molecule has 9 atom stereocenters. The Morgan fingerprint density at radius 2 is 1.58 bits per heavy atom. The number of carbonyl (C=O) groups excluding carboxylic acids is 4. The summed E-state index contributed by atoms with van der Waals surface area (Å²) in [6.45, 7) is 16.3. The molecule has 0 aliphatic carbocycles. The number of methoxy groups -OCH3 is 2. The number of hydrogen-bond acceptors (Lipinski definition) is 7. The molecular formula is C42H69N3O7. The molecule has 0 N–H and O–H groups in total. The van der Waals surface area contributed by atoms with Crippen LogP contribution in [-0.2, 0) is 39.8 Å². The Kier molecular flexibility index (Phi) is 17.7. The van der Waals surface area contributed by atoms with E-state index in [0.717, 1.165) is 32.1 Å². The van der Waals surface area contributed by atoms with E-state index in [2.05, 4.69) is 32.9 Å². The van der Waals surface area contributed by atoms with Crippen LogP contribution >= 0.6 is 0 Å². The smallest absolute Gasteiger partial charge is 0.226 e. The normalized spacial score (nSPS) is 22.0. The number of morpholine rings is 1. The van der Waals surface area contributed by atoms with Gasteiger partial charge < -0.3 is 28.9 Å². The molecule has 10 nitrogen and oxygen atoms in total. The summed E-state index contributed by atoms with van der Waals surface area (Å²) in [6, 6.07) is 9.68. The van der Waals surface area contributed by atoms with Crippen molar-refractivity contribution in [2.45, 2.75) is 130 Å². The van der Waals surface area contributed by atoms with Crippen LogP contribution in [0.15, 0.2) is 30.3 Å². The van der Waals surface area contributed by atoms with Gasteiger partial charge in [0.15, 0.2) is 0 Å². The van der Waals surface area contributed by atoms with Gasteiger partial charge in [-0.3, -0.25) is 19.2 Å². The van der Waals surface area contributed by atoms with Crippen LogP contribution in [0.2, 0.25) is 0 Å². The summed E-state index contributed by atoms with van der Waals surface area (Å²) in [5.41, 5.74) is 1.23. The molecule has 2 saturated heterocycles. The van der Waals surface area contributed by atoms with Gasteiger partial charge in [-0.05, 0) is 49.5 Å². The Bertz CT molecular complexity index is 1280. The van der Waals surface area contributed by atoms with E-state index < -0.39 is 18.1 Å². The van der Waals surface area contributed by atoms with Crippen molar-refractivity contribution in [2.75, 3.05) is 47.6 Å². The lowest BCUT2D eigenvalue weighted by Crippen LogP contribution is -2.54. The molecule has 3 rings (SSSR count). The van der Waals surface area contributed by atoms with Crippen molar-refractivity contribution in [3.05, 3.63) is 35.9 Å². The molecule has 294 valence electrons. The summed E-state index contributed by atoms with van der Waals surface area (Å²) in [6.07, 6.45) is 3.89. The van der Waals surface area contributed by atoms with Gasteiger partial charge in [-0.25, -0.2) is 0 Å². The van der Waals surface area contributed by atoms with Gasteiger partial charge in [0.05, 0.1) is 50.0 Å². The van der Waals surface area contributed by atoms with Crippen LogP contribution in [0.3, 0.4) is 0 Å². The molecule has 0 saturated carbocycles. The molecule has 2 heterocycles. The largest absolute Gasteiger partial charge is 0.379 e. The Morgan fingerprint density at radius 3 is 2.15 bits per heavy atom. The Labute approximate surface area is 314 Å². The molecule has 0 aromatic heterocycles. The van der Waals surface area contributed by atoms with Gasteiger partial charge in [0.1, 0.15) is 5.78 Å². The highest BCUT2D eigenvalue weighted by Gasteiger charge is 2.43. The van der Waals surface area contributed by atoms with Gasteiger partial charge in [-0.15, -0.1) is 0 Å². The average Bonchev–Trinajstić information content (AvgIpc) is 3.63. The number of benzene rings is 1. The van der Waals surface area contributed by atoms with Crippen molar-refractivity contribution >= 4 is 23.5 Å². The third-order valence-electron chi connectivity index (χ3n) is 12.0. The average molecular weight is 728 g/mol. The second-order valence-electron chi connectivity index (χ2n) is 15.8. The molecule has 2 aliphatic heterocycles. The number of Topliss-reactive ketones (excluding diaryl/α,β-unsaturated/α-hetero) is 1. The highest BCUT2D eigenvalue weighted by Crippen LogP contribution is 2.32. The molecule has 0 radical (unpaired) electrons. The molecule has 2 fully saturated rings. The Balaban J connectivity index is 1.74. The van der Waals surface area contributed by atoms with Crippen LogP contribution in [0.1, 0.15) is 99.0 Å². The van der Waals surface area contributed by atoms with Crippen molar-refractivity contribution in [2.24, 2.45) is 29.6 Å². The maximum Gasteiger partial charge on any atom is 0.226 e. The standard InChI is InChI=1S/C42H69N3O7/c1-11-29(5)40(43(8)42(49)34(28(3)4)25-38(47)44-21-22-52-27-30(44)6)37(50-9)26-39(48)45-20-16-19-35(45)41(51-10)31(7)36(46)24-32(12-2)23-33-17-14-13-15-18-33/h13-15,17-18,28-32,34-35,37,40-41H,11-12,16,19-27H2,1-10H3/t29-,30-,31-,32+,34-,35-,37+,40-,41+/m0/s1. The SMILES string of the molecule is CC[C@@H](CC(=O)[C@H](C)[C@@H](OC)[C@@H]1CCCN1C(=O)C[C@@H](OC)[C@H]([C@@H](C)CC)N(C)C(=O)[C@@H](CC(=O)N1CCOC[C@@H]1C)C(C)C)Cc1ccccc1. The lowest BCUT2D eigenvalue weighted by molar-refractivity contribution is -0.151. The highest BCUT2D eigenvalue weighted by molar-refractivity contribution is 5.86. The monoisotopic (exact) mass is 728 g/mol. The van der Waals surface area contributed by atoms with Crippen LogP contribution in [0.5, 0.6) is 0 Å². The van der Waals surface area contributed by atoms with Crippen LogP contribution in [0.4, 0.5) is 0 Å². The fourth-order valence-corrected chi connectivity index (χ4v) is 8.39. The third kappa shape index (κ3) is 11.3. The van der Waals surface area contributed by atoms with E-state index in [9.17, 15) is 19.2 Å². The molecule has 0 bridgehead atoms. The van der Waals surface area contributed by atoms with Gasteiger partial charge in [-0.2, -0.15) is 0 Å². The van der Waals surface area contributed by atoms with E-state index >= 15 is 0 Å². The zero-order chi connectivity index (χ0) is 38.5. The minimum Gasteiger partial charge on any atom is -0.379 e. The topological polar surface area (TPSA) is 106 Å². The van der Waals surface area contributed by atoms with Crippen molar-refractivity contribution in [3.8, 4) is 0 Å². The van der Waals surface area contributed by atoms with Gasteiger partial charge in [0.25, 0.3) is 0 Å². The minimum atomic E-state index is -0.552. The maximum atomic E-state index is 14.3. The molecule has 2 aliphatic rings. The number of ether oxygens (including phenoxy) is 3. The maximum absolute atomic E-state index is 14.3. The first-order chi connectivity index (χ1) is 24.8. The van der Waals surface area contributed by atoms with Crippen LogP contribution in [0, 0.1) is 29.6 Å². The number of likely N-dealkylation sites (tertiary alicyclic amines) is 1. The zero-order valence-electron chi connectivity index (χ0n) is 33.8. The fraction of sp³-hybridized carbons (Fsp3) is 0.762. The summed E-state index contributed by atoms with van der Waals surface area (Å²) in [4.78, 5) is 61.1. The molecule has 3 amide bonds. The Morgan fingerprint density at radius 1 is 0.904 bits per heavy atom. The van der Waals surface area contributed by atoms with Gasteiger partial charge in [-0.1, -0.05) is 84.7 Å². The van der Waals surface area contributed by atoms with E-state index in [1.165, 1.54) is 5.56 Å². The summed E-state index contributed by atoms with van der Waals surface area (Å²) in [5, 5.41) is 0. The quantitative estimate of drug-likeness (QED) is 0.161. The van der Waals surface area contributed by atoms with Crippen LogP contribution in [0.25, 0.3) is 0 Å². The van der Waals surface area contributed by atoms with Crippen LogP contribution in [-0.4, -0.2) is 116 Å². The van der Waals surface area contributed by atoms with E-state index in [1.807, 2.05) is 55.7 Å². The molecular weight excluding hydrogens is 658 g/mol. The molecule has 1 aromatic rings. The number of hydrogen-bond donors (Lipinski definition) is 0.